The largest absolute Gasteiger partial charge is 0.491 e. The summed E-state index contributed by atoms with van der Waals surface area (Å²) in [5, 5.41) is 0. The maximum atomic E-state index is 12.4. The highest BCUT2D eigenvalue weighted by molar-refractivity contribution is 6.10. The Morgan fingerprint density at radius 3 is 2.30 bits per heavy atom. The standard InChI is InChI=1S/C17H19NO2/c1-11(2)20-15-8-9-16(12(3)10-15)17(19)13-4-6-14(18)7-5-13/h4-11H,18H2,1-3H3. The van der Waals surface area contributed by atoms with Gasteiger partial charge >= 0.3 is 0 Å². The minimum atomic E-state index is -0.00130. The van der Waals surface area contributed by atoms with E-state index in [-0.39, 0.29) is 11.9 Å². The zero-order valence-electron chi connectivity index (χ0n) is 12.0. The van der Waals surface area contributed by atoms with E-state index in [4.69, 9.17) is 10.5 Å². The summed E-state index contributed by atoms with van der Waals surface area (Å²) in [6.45, 7) is 5.86. The summed E-state index contributed by atoms with van der Waals surface area (Å²) in [6, 6.07) is 12.5. The first kappa shape index (κ1) is 14.1. The number of hydrogen-bond acceptors (Lipinski definition) is 3. The van der Waals surface area contributed by atoms with Crippen molar-refractivity contribution in [3.8, 4) is 5.75 Å². The van der Waals surface area contributed by atoms with Gasteiger partial charge in [0.25, 0.3) is 0 Å². The van der Waals surface area contributed by atoms with Gasteiger partial charge in [0.2, 0.25) is 0 Å². The van der Waals surface area contributed by atoms with E-state index < -0.39 is 0 Å². The maximum absolute atomic E-state index is 12.4. The molecular formula is C17H19NO2. The molecule has 0 unspecified atom stereocenters. The smallest absolute Gasteiger partial charge is 0.193 e. The second kappa shape index (κ2) is 5.78. The molecule has 0 aliphatic carbocycles. The van der Waals surface area contributed by atoms with Crippen LogP contribution < -0.4 is 10.5 Å². The molecule has 0 bridgehead atoms. The lowest BCUT2D eigenvalue weighted by atomic mass is 9.99. The second-order valence-corrected chi connectivity index (χ2v) is 5.09. The van der Waals surface area contributed by atoms with Gasteiger partial charge in [0, 0.05) is 16.8 Å². The minimum Gasteiger partial charge on any atom is -0.491 e. The Morgan fingerprint density at radius 1 is 1.10 bits per heavy atom. The lowest BCUT2D eigenvalue weighted by Gasteiger charge is -2.12. The van der Waals surface area contributed by atoms with E-state index in [2.05, 4.69) is 0 Å². The van der Waals surface area contributed by atoms with Crippen molar-refractivity contribution in [1.82, 2.24) is 0 Å². The first-order valence-electron chi connectivity index (χ1n) is 6.65. The van der Waals surface area contributed by atoms with Crippen LogP contribution in [0.15, 0.2) is 42.5 Å². The van der Waals surface area contributed by atoms with Crippen molar-refractivity contribution in [1.29, 1.82) is 0 Å². The number of rotatable bonds is 4. The number of ether oxygens (including phenoxy) is 1. The van der Waals surface area contributed by atoms with Gasteiger partial charge < -0.3 is 10.5 Å². The summed E-state index contributed by atoms with van der Waals surface area (Å²) >= 11 is 0. The van der Waals surface area contributed by atoms with Crippen molar-refractivity contribution in [3.05, 3.63) is 59.2 Å². The number of ketones is 1. The van der Waals surface area contributed by atoms with Gasteiger partial charge in [-0.2, -0.15) is 0 Å². The van der Waals surface area contributed by atoms with E-state index in [1.165, 1.54) is 0 Å². The Kier molecular flexibility index (Phi) is 4.08. The number of carbonyl (C=O) groups excluding carboxylic acids is 1. The van der Waals surface area contributed by atoms with Gasteiger partial charge in [-0.3, -0.25) is 4.79 Å². The van der Waals surface area contributed by atoms with Crippen LogP contribution in [-0.4, -0.2) is 11.9 Å². The van der Waals surface area contributed by atoms with Gasteiger partial charge in [-0.05, 0) is 68.8 Å². The van der Waals surface area contributed by atoms with Crippen LogP contribution in [-0.2, 0) is 0 Å². The fourth-order valence-electron chi connectivity index (χ4n) is 2.03. The molecule has 104 valence electrons. The lowest BCUT2D eigenvalue weighted by Crippen LogP contribution is -2.07. The number of benzene rings is 2. The van der Waals surface area contributed by atoms with Crippen LogP contribution in [0.4, 0.5) is 5.69 Å². The van der Waals surface area contributed by atoms with Gasteiger partial charge in [0.05, 0.1) is 6.10 Å². The summed E-state index contributed by atoms with van der Waals surface area (Å²) in [6.07, 6.45) is 0.119. The molecule has 0 saturated heterocycles. The van der Waals surface area contributed by atoms with Crippen LogP contribution in [0.2, 0.25) is 0 Å². The molecule has 2 aromatic rings. The first-order valence-corrected chi connectivity index (χ1v) is 6.65. The van der Waals surface area contributed by atoms with Crippen LogP contribution in [0.3, 0.4) is 0 Å². The highest BCUT2D eigenvalue weighted by Crippen LogP contribution is 2.21. The molecule has 0 heterocycles. The summed E-state index contributed by atoms with van der Waals surface area (Å²) in [7, 11) is 0. The molecule has 0 aromatic heterocycles. The third-order valence-corrected chi connectivity index (χ3v) is 2.99. The van der Waals surface area contributed by atoms with Crippen LogP contribution in [0.5, 0.6) is 5.75 Å². The maximum Gasteiger partial charge on any atom is 0.193 e. The Labute approximate surface area is 119 Å². The molecule has 2 N–H and O–H groups in total. The molecule has 0 aliphatic heterocycles. The lowest BCUT2D eigenvalue weighted by molar-refractivity contribution is 0.103. The minimum absolute atomic E-state index is 0.00130. The van der Waals surface area contributed by atoms with Gasteiger partial charge in [-0.25, -0.2) is 0 Å². The topological polar surface area (TPSA) is 52.3 Å². The van der Waals surface area contributed by atoms with Gasteiger partial charge in [-0.1, -0.05) is 0 Å². The molecule has 0 saturated carbocycles. The van der Waals surface area contributed by atoms with E-state index >= 15 is 0 Å². The fraction of sp³-hybridized carbons (Fsp3) is 0.235. The molecular weight excluding hydrogens is 250 g/mol. The summed E-state index contributed by atoms with van der Waals surface area (Å²) in [5.41, 5.74) is 8.52. The molecule has 0 amide bonds. The fourth-order valence-corrected chi connectivity index (χ4v) is 2.03. The van der Waals surface area contributed by atoms with E-state index in [0.29, 0.717) is 16.8 Å². The molecule has 3 heteroatoms. The summed E-state index contributed by atoms with van der Waals surface area (Å²) in [4.78, 5) is 12.4. The van der Waals surface area contributed by atoms with Crippen LogP contribution in [0.25, 0.3) is 0 Å². The highest BCUT2D eigenvalue weighted by Gasteiger charge is 2.12. The molecule has 0 aliphatic rings. The van der Waals surface area contributed by atoms with E-state index in [0.717, 1.165) is 11.3 Å². The average molecular weight is 269 g/mol. The van der Waals surface area contributed by atoms with Gasteiger partial charge in [-0.15, -0.1) is 0 Å². The number of carbonyl (C=O) groups is 1. The molecule has 0 radical (unpaired) electrons. The number of nitrogens with two attached hydrogens (primary N) is 1. The number of aryl methyl sites for hydroxylation is 1. The number of anilines is 1. The second-order valence-electron chi connectivity index (χ2n) is 5.09. The normalized spacial score (nSPS) is 10.6. The van der Waals surface area contributed by atoms with Crippen molar-refractivity contribution < 1.29 is 9.53 Å². The molecule has 2 aromatic carbocycles. The van der Waals surface area contributed by atoms with Gasteiger partial charge in [0.15, 0.2) is 5.78 Å². The predicted molar refractivity (Wildman–Crippen MR) is 81.2 cm³/mol. The van der Waals surface area contributed by atoms with Crippen molar-refractivity contribution in [2.24, 2.45) is 0 Å². The van der Waals surface area contributed by atoms with Crippen molar-refractivity contribution in [3.63, 3.8) is 0 Å². The van der Waals surface area contributed by atoms with E-state index in [9.17, 15) is 4.79 Å². The van der Waals surface area contributed by atoms with Gasteiger partial charge in [0.1, 0.15) is 5.75 Å². The Morgan fingerprint density at radius 2 is 1.75 bits per heavy atom. The number of nitrogen functional groups attached to an aromatic ring is 1. The molecule has 3 nitrogen and oxygen atoms in total. The number of hydrogen-bond donors (Lipinski definition) is 1. The summed E-state index contributed by atoms with van der Waals surface area (Å²) in [5.74, 6) is 0.782. The van der Waals surface area contributed by atoms with E-state index in [1.807, 2.05) is 39.0 Å². The van der Waals surface area contributed by atoms with Crippen LogP contribution >= 0.6 is 0 Å². The zero-order valence-corrected chi connectivity index (χ0v) is 12.0. The Bertz CT molecular complexity index is 615. The predicted octanol–water partition coefficient (Wildman–Crippen LogP) is 3.60. The van der Waals surface area contributed by atoms with Crippen molar-refractivity contribution >= 4 is 11.5 Å². The molecule has 0 atom stereocenters. The first-order chi connectivity index (χ1) is 9.47. The zero-order chi connectivity index (χ0) is 14.7. The highest BCUT2D eigenvalue weighted by atomic mass is 16.5. The third-order valence-electron chi connectivity index (χ3n) is 2.99. The molecule has 0 fully saturated rings. The molecule has 0 spiro atoms. The van der Waals surface area contributed by atoms with Crippen LogP contribution in [0, 0.1) is 6.92 Å². The monoisotopic (exact) mass is 269 g/mol. The quantitative estimate of drug-likeness (QED) is 0.681. The average Bonchev–Trinajstić information content (AvgIpc) is 2.38. The van der Waals surface area contributed by atoms with E-state index in [1.54, 1.807) is 24.3 Å². The van der Waals surface area contributed by atoms with Crippen molar-refractivity contribution in [2.75, 3.05) is 5.73 Å². The molecule has 2 rings (SSSR count). The molecule has 20 heavy (non-hydrogen) atoms. The van der Waals surface area contributed by atoms with Crippen LogP contribution in [0.1, 0.15) is 35.3 Å². The Balaban J connectivity index is 2.28. The third kappa shape index (κ3) is 3.18. The Hall–Kier alpha value is -2.29. The summed E-state index contributed by atoms with van der Waals surface area (Å²) < 4.78 is 5.62. The van der Waals surface area contributed by atoms with Crippen molar-refractivity contribution in [2.45, 2.75) is 26.9 Å². The SMILES string of the molecule is Cc1cc(OC(C)C)ccc1C(=O)c1ccc(N)cc1.